The van der Waals surface area contributed by atoms with Crippen molar-refractivity contribution in [1.29, 1.82) is 0 Å². The molecular formula is C19H17FN2O3S. The quantitative estimate of drug-likeness (QED) is 0.759. The number of carbonyl (C=O) groups is 1. The zero-order chi connectivity index (χ0) is 18.1. The summed E-state index contributed by atoms with van der Waals surface area (Å²) in [4.78, 5) is 18.6. The molecule has 0 unspecified atom stereocenters. The van der Waals surface area contributed by atoms with Crippen molar-refractivity contribution in [3.05, 3.63) is 58.3 Å². The van der Waals surface area contributed by atoms with Crippen LogP contribution in [0, 0.1) is 5.82 Å². The first-order valence-electron chi connectivity index (χ1n) is 8.34. The third kappa shape index (κ3) is 3.40. The normalized spacial score (nSPS) is 14.7. The molecule has 134 valence electrons. The summed E-state index contributed by atoms with van der Waals surface area (Å²) in [5.74, 6) is -1.23. The lowest BCUT2D eigenvalue weighted by Crippen LogP contribution is -2.36. The molecule has 7 heteroatoms. The standard InChI is InChI=1S/C19H17FN2O3S/c20-15-4-3-13-9-12(1-2-14(13)11-15)10-16-17(18(23)24)26-19(21-16)22-5-7-25-8-6-22/h1-4,9,11H,5-8,10H2,(H,23,24). The molecule has 2 aromatic carbocycles. The SMILES string of the molecule is O=C(O)c1sc(N2CCOCC2)nc1Cc1ccc2cc(F)ccc2c1. The molecule has 4 rings (SSSR count). The molecule has 5 nitrogen and oxygen atoms in total. The fourth-order valence-corrected chi connectivity index (χ4v) is 4.06. The molecule has 0 saturated carbocycles. The van der Waals surface area contributed by atoms with E-state index < -0.39 is 5.97 Å². The lowest BCUT2D eigenvalue weighted by molar-refractivity contribution is 0.0701. The highest BCUT2D eigenvalue weighted by Gasteiger charge is 2.22. The van der Waals surface area contributed by atoms with Gasteiger partial charge in [0.2, 0.25) is 0 Å². The lowest BCUT2D eigenvalue weighted by atomic mass is 10.0. The van der Waals surface area contributed by atoms with Gasteiger partial charge in [-0.05, 0) is 28.5 Å². The summed E-state index contributed by atoms with van der Waals surface area (Å²) in [6.07, 6.45) is 0.426. The first-order chi connectivity index (χ1) is 12.6. The Morgan fingerprint density at radius 3 is 2.69 bits per heavy atom. The number of thiazole rings is 1. The van der Waals surface area contributed by atoms with E-state index in [9.17, 15) is 14.3 Å². The molecule has 26 heavy (non-hydrogen) atoms. The highest BCUT2D eigenvalue weighted by atomic mass is 32.1. The second kappa shape index (κ2) is 7.01. The fraction of sp³-hybridized carbons (Fsp3) is 0.263. The predicted molar refractivity (Wildman–Crippen MR) is 98.8 cm³/mol. The Hall–Kier alpha value is -2.51. The van der Waals surface area contributed by atoms with E-state index in [1.165, 1.54) is 23.5 Å². The minimum atomic E-state index is -0.958. The van der Waals surface area contributed by atoms with Gasteiger partial charge >= 0.3 is 5.97 Å². The maximum atomic E-state index is 13.3. The number of aromatic nitrogens is 1. The van der Waals surface area contributed by atoms with Gasteiger partial charge in [0.05, 0.1) is 18.9 Å². The van der Waals surface area contributed by atoms with Crippen LogP contribution >= 0.6 is 11.3 Å². The number of rotatable bonds is 4. The molecule has 1 saturated heterocycles. The summed E-state index contributed by atoms with van der Waals surface area (Å²) in [5, 5.41) is 12.0. The van der Waals surface area contributed by atoms with E-state index >= 15 is 0 Å². The monoisotopic (exact) mass is 372 g/mol. The zero-order valence-electron chi connectivity index (χ0n) is 13.9. The Kier molecular flexibility index (Phi) is 4.57. The van der Waals surface area contributed by atoms with E-state index in [4.69, 9.17) is 4.74 Å². The first kappa shape index (κ1) is 16.9. The van der Waals surface area contributed by atoms with Gasteiger partial charge in [-0.1, -0.05) is 35.6 Å². The van der Waals surface area contributed by atoms with Crippen LogP contribution < -0.4 is 4.90 Å². The van der Waals surface area contributed by atoms with Gasteiger partial charge in [0.25, 0.3) is 0 Å². The summed E-state index contributed by atoms with van der Waals surface area (Å²) in [6.45, 7) is 2.68. The number of halogens is 1. The molecule has 0 atom stereocenters. The number of anilines is 1. The van der Waals surface area contributed by atoms with Gasteiger partial charge in [0.15, 0.2) is 5.13 Å². The predicted octanol–water partition coefficient (Wildman–Crippen LogP) is 3.56. The van der Waals surface area contributed by atoms with E-state index in [2.05, 4.69) is 9.88 Å². The van der Waals surface area contributed by atoms with Crippen LogP contribution in [-0.4, -0.2) is 42.4 Å². The largest absolute Gasteiger partial charge is 0.477 e. The molecule has 1 aliphatic rings. The Bertz CT molecular complexity index is 967. The van der Waals surface area contributed by atoms with E-state index in [-0.39, 0.29) is 10.7 Å². The second-order valence-electron chi connectivity index (χ2n) is 6.18. The van der Waals surface area contributed by atoms with Gasteiger partial charge in [0, 0.05) is 19.5 Å². The Labute approximate surface area is 153 Å². The number of carboxylic acid groups (broad SMARTS) is 1. The number of nitrogens with zero attached hydrogens (tertiary/aromatic N) is 2. The molecule has 3 aromatic rings. The third-order valence-corrected chi connectivity index (χ3v) is 5.55. The highest BCUT2D eigenvalue weighted by Crippen LogP contribution is 2.29. The number of hydrogen-bond donors (Lipinski definition) is 1. The van der Waals surface area contributed by atoms with Gasteiger partial charge in [-0.15, -0.1) is 0 Å². The average molecular weight is 372 g/mol. The zero-order valence-corrected chi connectivity index (χ0v) is 14.8. The van der Waals surface area contributed by atoms with Crippen LogP contribution in [0.15, 0.2) is 36.4 Å². The molecule has 1 aromatic heterocycles. The molecule has 0 radical (unpaired) electrons. The summed E-state index contributed by atoms with van der Waals surface area (Å²) in [7, 11) is 0. The molecule has 0 aliphatic carbocycles. The minimum Gasteiger partial charge on any atom is -0.477 e. The summed E-state index contributed by atoms with van der Waals surface area (Å²) in [6, 6.07) is 10.3. The van der Waals surface area contributed by atoms with Crippen molar-refractivity contribution in [2.45, 2.75) is 6.42 Å². The molecule has 0 spiro atoms. The number of ether oxygens (including phenoxy) is 1. The molecule has 0 amide bonds. The number of benzene rings is 2. The van der Waals surface area contributed by atoms with Gasteiger partial charge in [-0.2, -0.15) is 0 Å². The summed E-state index contributed by atoms with van der Waals surface area (Å²) in [5.41, 5.74) is 1.51. The maximum absolute atomic E-state index is 13.3. The van der Waals surface area contributed by atoms with Crippen molar-refractivity contribution in [1.82, 2.24) is 4.98 Å². The highest BCUT2D eigenvalue weighted by molar-refractivity contribution is 7.17. The number of morpholine rings is 1. The number of fused-ring (bicyclic) bond motifs is 1. The van der Waals surface area contributed by atoms with E-state index in [0.717, 1.165) is 21.5 Å². The van der Waals surface area contributed by atoms with Crippen molar-refractivity contribution in [3.8, 4) is 0 Å². The van der Waals surface area contributed by atoms with Crippen molar-refractivity contribution >= 4 is 33.2 Å². The van der Waals surface area contributed by atoms with Crippen molar-refractivity contribution in [3.63, 3.8) is 0 Å². The third-order valence-electron chi connectivity index (χ3n) is 4.40. The van der Waals surface area contributed by atoms with E-state index in [0.29, 0.717) is 38.4 Å². The number of hydrogen-bond acceptors (Lipinski definition) is 5. The fourth-order valence-electron chi connectivity index (χ4n) is 3.09. The molecule has 1 fully saturated rings. The Balaban J connectivity index is 1.65. The van der Waals surface area contributed by atoms with E-state index in [1.807, 2.05) is 18.2 Å². The van der Waals surface area contributed by atoms with Gasteiger partial charge < -0.3 is 14.7 Å². The lowest BCUT2D eigenvalue weighted by Gasteiger charge is -2.26. The average Bonchev–Trinajstić information content (AvgIpc) is 3.07. The Morgan fingerprint density at radius 2 is 1.92 bits per heavy atom. The van der Waals surface area contributed by atoms with Crippen LogP contribution in [0.1, 0.15) is 20.9 Å². The number of carboxylic acids is 1. The molecule has 1 N–H and O–H groups in total. The van der Waals surface area contributed by atoms with Crippen molar-refractivity contribution < 1.29 is 19.0 Å². The van der Waals surface area contributed by atoms with Crippen LogP contribution in [0.3, 0.4) is 0 Å². The van der Waals surface area contributed by atoms with Gasteiger partial charge in [-0.3, -0.25) is 0 Å². The molecular weight excluding hydrogens is 355 g/mol. The summed E-state index contributed by atoms with van der Waals surface area (Å²) < 4.78 is 18.7. The van der Waals surface area contributed by atoms with Crippen molar-refractivity contribution in [2.24, 2.45) is 0 Å². The van der Waals surface area contributed by atoms with Gasteiger partial charge in [-0.25, -0.2) is 14.2 Å². The van der Waals surface area contributed by atoms with Crippen LogP contribution in [0.5, 0.6) is 0 Å². The van der Waals surface area contributed by atoms with E-state index in [1.54, 1.807) is 6.07 Å². The Morgan fingerprint density at radius 1 is 1.19 bits per heavy atom. The smallest absolute Gasteiger partial charge is 0.347 e. The maximum Gasteiger partial charge on any atom is 0.347 e. The van der Waals surface area contributed by atoms with Gasteiger partial charge in [0.1, 0.15) is 10.7 Å². The number of aromatic carboxylic acids is 1. The summed E-state index contributed by atoms with van der Waals surface area (Å²) >= 11 is 1.21. The second-order valence-corrected chi connectivity index (χ2v) is 7.16. The van der Waals surface area contributed by atoms with Crippen molar-refractivity contribution in [2.75, 3.05) is 31.2 Å². The molecule has 1 aliphatic heterocycles. The van der Waals surface area contributed by atoms with Crippen LogP contribution in [0.2, 0.25) is 0 Å². The van der Waals surface area contributed by atoms with Crippen LogP contribution in [-0.2, 0) is 11.2 Å². The molecule has 0 bridgehead atoms. The van der Waals surface area contributed by atoms with Crippen LogP contribution in [0.25, 0.3) is 10.8 Å². The topological polar surface area (TPSA) is 62.7 Å². The molecule has 2 heterocycles. The van der Waals surface area contributed by atoms with Crippen LogP contribution in [0.4, 0.5) is 9.52 Å². The first-order valence-corrected chi connectivity index (χ1v) is 9.16. The minimum absolute atomic E-state index is 0.269.